The maximum Gasteiger partial charge on any atom is 0.272 e. The lowest BCUT2D eigenvalue weighted by Crippen LogP contribution is -2.31. The standard InChI is InChI=1S/C22H23N3O4/c1-15(18-13-17(28-2)9-11-20(18)29-3)23-22(27)19-10-12-21(26)25(24-19)14-16-7-5-4-6-8-16/h4-13,15H,14H2,1-3H3,(H,23,27)/t15-/m1/s1. The molecule has 150 valence electrons. The summed E-state index contributed by atoms with van der Waals surface area (Å²) in [6.45, 7) is 2.13. The summed E-state index contributed by atoms with van der Waals surface area (Å²) in [5.74, 6) is 0.918. The van der Waals surface area contributed by atoms with Crippen LogP contribution in [0.5, 0.6) is 11.5 Å². The van der Waals surface area contributed by atoms with E-state index in [0.29, 0.717) is 18.0 Å². The van der Waals surface area contributed by atoms with Crippen LogP contribution in [0.4, 0.5) is 0 Å². The first kappa shape index (κ1) is 20.1. The predicted octanol–water partition coefficient (Wildman–Crippen LogP) is 2.80. The van der Waals surface area contributed by atoms with E-state index < -0.39 is 0 Å². The second kappa shape index (κ2) is 9.05. The maximum absolute atomic E-state index is 12.7. The second-order valence-electron chi connectivity index (χ2n) is 6.50. The fraction of sp³-hybridized carbons (Fsp3) is 0.227. The third-order valence-electron chi connectivity index (χ3n) is 4.53. The molecule has 0 saturated carbocycles. The van der Waals surface area contributed by atoms with Gasteiger partial charge in [-0.25, -0.2) is 4.68 Å². The van der Waals surface area contributed by atoms with Crippen LogP contribution in [0.15, 0.2) is 65.5 Å². The van der Waals surface area contributed by atoms with Gasteiger partial charge >= 0.3 is 0 Å². The van der Waals surface area contributed by atoms with E-state index in [9.17, 15) is 9.59 Å². The van der Waals surface area contributed by atoms with Crippen LogP contribution < -0.4 is 20.3 Å². The lowest BCUT2D eigenvalue weighted by atomic mass is 10.1. The Morgan fingerprint density at radius 1 is 1.07 bits per heavy atom. The Hall–Kier alpha value is -3.61. The first-order chi connectivity index (χ1) is 14.0. The maximum atomic E-state index is 12.7. The lowest BCUT2D eigenvalue weighted by Gasteiger charge is -2.18. The van der Waals surface area contributed by atoms with Gasteiger partial charge in [0.15, 0.2) is 0 Å². The summed E-state index contributed by atoms with van der Waals surface area (Å²) >= 11 is 0. The number of rotatable bonds is 7. The van der Waals surface area contributed by atoms with Crippen molar-refractivity contribution in [2.75, 3.05) is 14.2 Å². The number of hydrogen-bond acceptors (Lipinski definition) is 5. The summed E-state index contributed by atoms with van der Waals surface area (Å²) < 4.78 is 11.9. The van der Waals surface area contributed by atoms with Crippen molar-refractivity contribution in [2.45, 2.75) is 19.5 Å². The number of benzene rings is 2. The largest absolute Gasteiger partial charge is 0.497 e. The molecule has 0 fully saturated rings. The average molecular weight is 393 g/mol. The first-order valence-corrected chi connectivity index (χ1v) is 9.16. The molecule has 0 radical (unpaired) electrons. The van der Waals surface area contributed by atoms with Crippen molar-refractivity contribution in [3.63, 3.8) is 0 Å². The van der Waals surface area contributed by atoms with Gasteiger partial charge < -0.3 is 14.8 Å². The Kier molecular flexibility index (Phi) is 6.29. The molecule has 1 atom stereocenters. The van der Waals surface area contributed by atoms with E-state index in [4.69, 9.17) is 9.47 Å². The van der Waals surface area contributed by atoms with E-state index in [2.05, 4.69) is 10.4 Å². The minimum absolute atomic E-state index is 0.161. The van der Waals surface area contributed by atoms with Gasteiger partial charge in [-0.3, -0.25) is 9.59 Å². The van der Waals surface area contributed by atoms with E-state index in [1.54, 1.807) is 26.4 Å². The van der Waals surface area contributed by atoms with Crippen molar-refractivity contribution in [1.29, 1.82) is 0 Å². The van der Waals surface area contributed by atoms with Gasteiger partial charge in [0.1, 0.15) is 17.2 Å². The highest BCUT2D eigenvalue weighted by Crippen LogP contribution is 2.29. The summed E-state index contributed by atoms with van der Waals surface area (Å²) in [5, 5.41) is 7.12. The van der Waals surface area contributed by atoms with Gasteiger partial charge in [0.2, 0.25) is 0 Å². The van der Waals surface area contributed by atoms with Crippen LogP contribution in [0.1, 0.15) is 34.6 Å². The zero-order valence-corrected chi connectivity index (χ0v) is 16.6. The van der Waals surface area contributed by atoms with Crippen molar-refractivity contribution in [2.24, 2.45) is 0 Å². The Labute approximate surface area is 168 Å². The van der Waals surface area contributed by atoms with Gasteiger partial charge in [0.25, 0.3) is 11.5 Å². The quantitative estimate of drug-likeness (QED) is 0.667. The van der Waals surface area contributed by atoms with E-state index in [0.717, 1.165) is 11.1 Å². The van der Waals surface area contributed by atoms with E-state index in [1.807, 2.05) is 43.3 Å². The molecule has 1 N–H and O–H groups in total. The normalized spacial score (nSPS) is 11.6. The summed E-state index contributed by atoms with van der Waals surface area (Å²) in [6, 6.07) is 17.3. The number of nitrogens with zero attached hydrogens (tertiary/aromatic N) is 2. The number of methoxy groups -OCH3 is 2. The van der Waals surface area contributed by atoms with Crippen molar-refractivity contribution >= 4 is 5.91 Å². The molecular weight excluding hydrogens is 370 g/mol. The molecule has 0 unspecified atom stereocenters. The minimum Gasteiger partial charge on any atom is -0.497 e. The molecule has 0 aliphatic rings. The zero-order chi connectivity index (χ0) is 20.8. The van der Waals surface area contributed by atoms with Crippen molar-refractivity contribution in [3.05, 3.63) is 87.8 Å². The molecule has 0 aliphatic heterocycles. The molecule has 7 heteroatoms. The van der Waals surface area contributed by atoms with E-state index in [-0.39, 0.29) is 23.2 Å². The molecule has 3 aromatic rings. The van der Waals surface area contributed by atoms with E-state index in [1.165, 1.54) is 16.8 Å². The molecule has 7 nitrogen and oxygen atoms in total. The van der Waals surface area contributed by atoms with Crippen LogP contribution in [0.3, 0.4) is 0 Å². The molecule has 1 aromatic heterocycles. The Morgan fingerprint density at radius 2 is 1.83 bits per heavy atom. The summed E-state index contributed by atoms with van der Waals surface area (Å²) in [6.07, 6.45) is 0. The molecule has 0 aliphatic carbocycles. The molecule has 1 amide bonds. The molecule has 1 heterocycles. The number of amides is 1. The average Bonchev–Trinajstić information content (AvgIpc) is 2.75. The lowest BCUT2D eigenvalue weighted by molar-refractivity contribution is 0.0932. The van der Waals surface area contributed by atoms with Crippen LogP contribution in [0, 0.1) is 0 Å². The minimum atomic E-state index is -0.385. The van der Waals surface area contributed by atoms with Crippen LogP contribution in [-0.4, -0.2) is 29.9 Å². The van der Waals surface area contributed by atoms with Crippen LogP contribution in [0.25, 0.3) is 0 Å². The van der Waals surface area contributed by atoms with Crippen LogP contribution in [-0.2, 0) is 6.54 Å². The number of hydrogen-bond donors (Lipinski definition) is 1. The molecular formula is C22H23N3O4. The van der Waals surface area contributed by atoms with Crippen molar-refractivity contribution in [1.82, 2.24) is 15.1 Å². The summed E-state index contributed by atoms with van der Waals surface area (Å²) in [4.78, 5) is 24.9. The van der Waals surface area contributed by atoms with Crippen molar-refractivity contribution in [3.8, 4) is 11.5 Å². The Morgan fingerprint density at radius 3 is 2.52 bits per heavy atom. The van der Waals surface area contributed by atoms with Crippen LogP contribution in [0.2, 0.25) is 0 Å². The summed E-state index contributed by atoms with van der Waals surface area (Å²) in [7, 11) is 3.15. The smallest absolute Gasteiger partial charge is 0.272 e. The highest BCUT2D eigenvalue weighted by Gasteiger charge is 2.18. The fourth-order valence-electron chi connectivity index (χ4n) is 2.97. The van der Waals surface area contributed by atoms with Crippen molar-refractivity contribution < 1.29 is 14.3 Å². The van der Waals surface area contributed by atoms with E-state index >= 15 is 0 Å². The molecule has 0 spiro atoms. The molecule has 2 aromatic carbocycles. The monoisotopic (exact) mass is 393 g/mol. The van der Waals surface area contributed by atoms with Gasteiger partial charge in [0, 0.05) is 11.6 Å². The third-order valence-corrected chi connectivity index (χ3v) is 4.53. The highest BCUT2D eigenvalue weighted by atomic mass is 16.5. The number of ether oxygens (including phenoxy) is 2. The number of carbonyl (C=O) groups is 1. The van der Waals surface area contributed by atoms with Gasteiger partial charge in [-0.2, -0.15) is 5.10 Å². The molecule has 29 heavy (non-hydrogen) atoms. The predicted molar refractivity (Wildman–Crippen MR) is 109 cm³/mol. The number of nitrogens with one attached hydrogen (secondary N) is 1. The van der Waals surface area contributed by atoms with Gasteiger partial charge in [-0.1, -0.05) is 30.3 Å². The highest BCUT2D eigenvalue weighted by molar-refractivity contribution is 5.92. The Balaban J connectivity index is 1.80. The number of aromatic nitrogens is 2. The topological polar surface area (TPSA) is 82.5 Å². The molecule has 3 rings (SSSR count). The third kappa shape index (κ3) is 4.82. The SMILES string of the molecule is COc1ccc(OC)c([C@@H](C)NC(=O)c2ccc(=O)n(Cc3ccccc3)n2)c1. The second-order valence-corrected chi connectivity index (χ2v) is 6.50. The van der Waals surface area contributed by atoms with Gasteiger partial charge in [0.05, 0.1) is 26.8 Å². The first-order valence-electron chi connectivity index (χ1n) is 9.16. The Bertz CT molecular complexity index is 1050. The van der Waals surface area contributed by atoms with Gasteiger partial charge in [-0.15, -0.1) is 0 Å². The zero-order valence-electron chi connectivity index (χ0n) is 16.6. The van der Waals surface area contributed by atoms with Gasteiger partial charge in [-0.05, 0) is 36.8 Å². The molecule has 0 saturated heterocycles. The summed E-state index contributed by atoms with van der Waals surface area (Å²) in [5.41, 5.74) is 1.59. The van der Waals surface area contributed by atoms with Crippen LogP contribution >= 0.6 is 0 Å². The molecule has 0 bridgehead atoms. The number of carbonyl (C=O) groups excluding carboxylic acids is 1. The fourth-order valence-corrected chi connectivity index (χ4v) is 2.97.